The zero-order valence-corrected chi connectivity index (χ0v) is 8.79. The highest BCUT2D eigenvalue weighted by atomic mass is 16.5. The molecule has 78 valence electrons. The number of carbonyl (C=O) groups excluding carboxylic acids is 2. The van der Waals surface area contributed by atoms with Crippen molar-refractivity contribution in [2.24, 2.45) is 0 Å². The molecule has 0 aromatic heterocycles. The summed E-state index contributed by atoms with van der Waals surface area (Å²) in [6, 6.07) is 0. The van der Waals surface area contributed by atoms with E-state index in [1.165, 1.54) is 26.4 Å². The topological polar surface area (TPSA) is 52.6 Å². The molecular weight excluding hydrogens is 184 g/mol. The number of allylic oxidation sites excluding steroid dienone is 2. The van der Waals surface area contributed by atoms with Crippen molar-refractivity contribution in [3.8, 4) is 0 Å². The lowest BCUT2D eigenvalue weighted by atomic mass is 10.1. The van der Waals surface area contributed by atoms with Crippen LogP contribution in [0.4, 0.5) is 0 Å². The third-order valence-corrected chi connectivity index (χ3v) is 1.75. The van der Waals surface area contributed by atoms with Gasteiger partial charge in [0.25, 0.3) is 0 Å². The third-order valence-electron chi connectivity index (χ3n) is 1.75. The van der Waals surface area contributed by atoms with Crippen LogP contribution in [-0.4, -0.2) is 26.2 Å². The average Bonchev–Trinajstić information content (AvgIpc) is 2.22. The molecule has 14 heavy (non-hydrogen) atoms. The predicted octanol–water partition coefficient (Wildman–Crippen LogP) is 1.22. The van der Waals surface area contributed by atoms with E-state index < -0.39 is 11.9 Å². The molecule has 0 spiro atoms. The first-order valence-corrected chi connectivity index (χ1v) is 4.04. The quantitative estimate of drug-likeness (QED) is 0.389. The van der Waals surface area contributed by atoms with Crippen molar-refractivity contribution in [3.05, 3.63) is 23.3 Å². The van der Waals surface area contributed by atoms with Crippen LogP contribution < -0.4 is 0 Å². The van der Waals surface area contributed by atoms with Crippen LogP contribution in [0, 0.1) is 0 Å². The van der Waals surface area contributed by atoms with Crippen LogP contribution >= 0.6 is 0 Å². The van der Waals surface area contributed by atoms with Crippen molar-refractivity contribution in [3.63, 3.8) is 0 Å². The first-order chi connectivity index (χ1) is 6.52. The van der Waals surface area contributed by atoms with Gasteiger partial charge in [-0.3, -0.25) is 0 Å². The van der Waals surface area contributed by atoms with Gasteiger partial charge in [-0.2, -0.15) is 0 Å². The molecule has 0 saturated heterocycles. The van der Waals surface area contributed by atoms with Crippen LogP contribution in [0.1, 0.15) is 13.8 Å². The second-order valence-corrected chi connectivity index (χ2v) is 2.66. The molecule has 0 fully saturated rings. The summed E-state index contributed by atoms with van der Waals surface area (Å²) in [7, 11) is 2.60. The Hall–Kier alpha value is -1.58. The molecule has 0 aromatic carbocycles. The molecule has 0 unspecified atom stereocenters. The highest BCUT2D eigenvalue weighted by Gasteiger charge is 2.05. The van der Waals surface area contributed by atoms with E-state index in [-0.39, 0.29) is 0 Å². The van der Waals surface area contributed by atoms with Gasteiger partial charge < -0.3 is 9.47 Å². The number of carbonyl (C=O) groups is 2. The van der Waals surface area contributed by atoms with Crippen molar-refractivity contribution in [2.45, 2.75) is 13.8 Å². The summed E-state index contributed by atoms with van der Waals surface area (Å²) in [5.41, 5.74) is 1.13. The second kappa shape index (κ2) is 5.96. The van der Waals surface area contributed by atoms with Crippen LogP contribution in [-0.2, 0) is 19.1 Å². The van der Waals surface area contributed by atoms with E-state index in [1.54, 1.807) is 13.8 Å². The van der Waals surface area contributed by atoms with E-state index in [1.807, 2.05) is 0 Å². The predicted molar refractivity (Wildman–Crippen MR) is 51.5 cm³/mol. The summed E-state index contributed by atoms with van der Waals surface area (Å²) in [4.78, 5) is 21.8. The Morgan fingerprint density at radius 3 is 2.00 bits per heavy atom. The lowest BCUT2D eigenvalue weighted by molar-refractivity contribution is -0.136. The molecule has 0 aliphatic carbocycles. The first-order valence-electron chi connectivity index (χ1n) is 4.04. The minimum Gasteiger partial charge on any atom is -0.466 e. The fourth-order valence-corrected chi connectivity index (χ4v) is 0.700. The molecular formula is C10H14O4. The van der Waals surface area contributed by atoms with Gasteiger partial charge in [-0.15, -0.1) is 0 Å². The van der Waals surface area contributed by atoms with Crippen molar-refractivity contribution >= 4 is 11.9 Å². The van der Waals surface area contributed by atoms with Crippen molar-refractivity contribution in [1.82, 2.24) is 0 Å². The van der Waals surface area contributed by atoms with Crippen molar-refractivity contribution < 1.29 is 19.1 Å². The summed E-state index contributed by atoms with van der Waals surface area (Å²) >= 11 is 0. The van der Waals surface area contributed by atoms with E-state index in [2.05, 4.69) is 9.47 Å². The summed E-state index contributed by atoms with van der Waals surface area (Å²) in [5, 5.41) is 0. The largest absolute Gasteiger partial charge is 0.466 e. The first kappa shape index (κ1) is 12.4. The third kappa shape index (κ3) is 3.89. The maximum Gasteiger partial charge on any atom is 0.333 e. The summed E-state index contributed by atoms with van der Waals surface area (Å²) in [6.07, 6.45) is 2.76. The van der Waals surface area contributed by atoms with Crippen LogP contribution in [0.2, 0.25) is 0 Å². The SMILES string of the molecule is COC(=O)/C=C/C(C)=C(\C)C(=O)OC. The molecule has 0 N–H and O–H groups in total. The Labute approximate surface area is 83.2 Å². The minimum atomic E-state index is -0.456. The normalized spacial score (nSPS) is 12.3. The molecule has 0 aliphatic rings. The molecule has 0 heterocycles. The van der Waals surface area contributed by atoms with Gasteiger partial charge in [0.1, 0.15) is 0 Å². The average molecular weight is 198 g/mol. The molecule has 0 bridgehead atoms. The van der Waals surface area contributed by atoms with Crippen LogP contribution in [0.15, 0.2) is 23.3 Å². The van der Waals surface area contributed by atoms with Gasteiger partial charge >= 0.3 is 11.9 Å². The highest BCUT2D eigenvalue weighted by Crippen LogP contribution is 2.06. The molecule has 4 heteroatoms. The van der Waals surface area contributed by atoms with E-state index in [4.69, 9.17) is 0 Å². The highest BCUT2D eigenvalue weighted by molar-refractivity contribution is 5.89. The Balaban J connectivity index is 4.60. The van der Waals surface area contributed by atoms with Crippen molar-refractivity contribution in [2.75, 3.05) is 14.2 Å². The molecule has 0 radical (unpaired) electrons. The molecule has 4 nitrogen and oxygen atoms in total. The Morgan fingerprint density at radius 1 is 1.00 bits per heavy atom. The number of esters is 2. The van der Waals surface area contributed by atoms with E-state index in [9.17, 15) is 9.59 Å². The van der Waals surface area contributed by atoms with Gasteiger partial charge in [0.2, 0.25) is 0 Å². The second-order valence-electron chi connectivity index (χ2n) is 2.66. The van der Waals surface area contributed by atoms with Gasteiger partial charge in [0.05, 0.1) is 14.2 Å². The number of hydrogen-bond acceptors (Lipinski definition) is 4. The molecule has 0 amide bonds. The fraction of sp³-hybridized carbons (Fsp3) is 0.400. The van der Waals surface area contributed by atoms with E-state index >= 15 is 0 Å². The van der Waals surface area contributed by atoms with Gasteiger partial charge in [0.15, 0.2) is 0 Å². The Kier molecular flexibility index (Phi) is 5.29. The zero-order chi connectivity index (χ0) is 11.1. The van der Waals surface area contributed by atoms with Gasteiger partial charge in [-0.05, 0) is 19.4 Å². The lowest BCUT2D eigenvalue weighted by Gasteiger charge is -2.00. The summed E-state index contributed by atoms with van der Waals surface area (Å²) < 4.78 is 8.92. The zero-order valence-electron chi connectivity index (χ0n) is 8.79. The minimum absolute atomic E-state index is 0.406. The van der Waals surface area contributed by atoms with Crippen LogP contribution in [0.25, 0.3) is 0 Å². The van der Waals surface area contributed by atoms with Crippen LogP contribution in [0.3, 0.4) is 0 Å². The monoisotopic (exact) mass is 198 g/mol. The number of methoxy groups -OCH3 is 2. The summed E-state index contributed by atoms with van der Waals surface area (Å²) in [6.45, 7) is 3.34. The van der Waals surface area contributed by atoms with Gasteiger partial charge in [0, 0.05) is 11.6 Å². The van der Waals surface area contributed by atoms with Gasteiger partial charge in [-0.1, -0.05) is 6.08 Å². The fourth-order valence-electron chi connectivity index (χ4n) is 0.700. The Morgan fingerprint density at radius 2 is 1.57 bits per heavy atom. The number of hydrogen-bond donors (Lipinski definition) is 0. The summed E-state index contributed by atoms with van der Waals surface area (Å²) in [5.74, 6) is -0.862. The van der Waals surface area contributed by atoms with Crippen molar-refractivity contribution in [1.29, 1.82) is 0 Å². The van der Waals surface area contributed by atoms with Crippen LogP contribution in [0.5, 0.6) is 0 Å². The van der Waals surface area contributed by atoms with Gasteiger partial charge in [-0.25, -0.2) is 9.59 Å². The molecule has 0 aliphatic heterocycles. The molecule has 0 aromatic rings. The smallest absolute Gasteiger partial charge is 0.333 e. The molecule has 0 rings (SSSR count). The van der Waals surface area contributed by atoms with E-state index in [0.29, 0.717) is 11.1 Å². The molecule has 0 saturated carbocycles. The Bertz CT molecular complexity index is 286. The lowest BCUT2D eigenvalue weighted by Crippen LogP contribution is -2.03. The van der Waals surface area contributed by atoms with E-state index in [0.717, 1.165) is 0 Å². The maximum atomic E-state index is 11.0. The standard InChI is InChI=1S/C10H14O4/c1-7(5-6-9(11)13-3)8(2)10(12)14-4/h5-6H,1-4H3/b6-5+,8-7+. The maximum absolute atomic E-state index is 11.0. The number of ether oxygens (including phenoxy) is 2. The molecule has 0 atom stereocenters. The number of rotatable bonds is 3.